The van der Waals surface area contributed by atoms with Crippen molar-refractivity contribution in [1.82, 2.24) is 9.13 Å². The molecule has 1 heterocycles. The van der Waals surface area contributed by atoms with Crippen molar-refractivity contribution in [2.75, 3.05) is 5.88 Å². The van der Waals surface area contributed by atoms with Gasteiger partial charge in [-0.05, 0) is 12.0 Å². The highest BCUT2D eigenvalue weighted by Crippen LogP contribution is 1.98. The van der Waals surface area contributed by atoms with Crippen LogP contribution in [0.2, 0.25) is 0 Å². The van der Waals surface area contributed by atoms with Crippen LogP contribution < -0.4 is 5.69 Å². The lowest BCUT2D eigenvalue weighted by Crippen LogP contribution is -2.24. The SMILES string of the molecule is C=C(CCl)Cn1ccn(CCC)c1=O. The van der Waals surface area contributed by atoms with Gasteiger partial charge in [0.25, 0.3) is 0 Å². The summed E-state index contributed by atoms with van der Waals surface area (Å²) < 4.78 is 3.32. The van der Waals surface area contributed by atoms with Gasteiger partial charge in [-0.1, -0.05) is 13.5 Å². The zero-order valence-corrected chi connectivity index (χ0v) is 9.13. The van der Waals surface area contributed by atoms with Crippen LogP contribution >= 0.6 is 11.6 Å². The van der Waals surface area contributed by atoms with E-state index >= 15 is 0 Å². The molecule has 0 N–H and O–H groups in total. The Morgan fingerprint density at radius 3 is 2.71 bits per heavy atom. The van der Waals surface area contributed by atoms with E-state index < -0.39 is 0 Å². The molecule has 14 heavy (non-hydrogen) atoms. The van der Waals surface area contributed by atoms with Gasteiger partial charge < -0.3 is 0 Å². The number of nitrogens with zero attached hydrogens (tertiary/aromatic N) is 2. The van der Waals surface area contributed by atoms with Crippen molar-refractivity contribution in [2.45, 2.75) is 26.4 Å². The lowest BCUT2D eigenvalue weighted by Gasteiger charge is -2.01. The van der Waals surface area contributed by atoms with Crippen LogP contribution in [0.15, 0.2) is 29.3 Å². The van der Waals surface area contributed by atoms with Gasteiger partial charge in [0.1, 0.15) is 0 Å². The van der Waals surface area contributed by atoms with Crippen LogP contribution in [0.25, 0.3) is 0 Å². The first-order valence-electron chi connectivity index (χ1n) is 4.67. The fraction of sp³-hybridized carbons (Fsp3) is 0.500. The average molecular weight is 215 g/mol. The van der Waals surface area contributed by atoms with Crippen LogP contribution in [0.1, 0.15) is 13.3 Å². The summed E-state index contributed by atoms with van der Waals surface area (Å²) in [5.74, 6) is 0.394. The first kappa shape index (κ1) is 11.1. The zero-order valence-electron chi connectivity index (χ0n) is 8.37. The van der Waals surface area contributed by atoms with Gasteiger partial charge in [0.05, 0.1) is 0 Å². The summed E-state index contributed by atoms with van der Waals surface area (Å²) in [6.45, 7) is 7.08. The zero-order chi connectivity index (χ0) is 10.6. The van der Waals surface area contributed by atoms with Crippen LogP contribution in [-0.4, -0.2) is 15.0 Å². The molecule has 0 amide bonds. The molecule has 0 aromatic carbocycles. The van der Waals surface area contributed by atoms with E-state index in [4.69, 9.17) is 11.6 Å². The summed E-state index contributed by atoms with van der Waals surface area (Å²) in [4.78, 5) is 11.7. The van der Waals surface area contributed by atoms with Gasteiger partial charge in [0.15, 0.2) is 0 Å². The molecule has 1 rings (SSSR count). The molecule has 0 unspecified atom stereocenters. The van der Waals surface area contributed by atoms with Crippen LogP contribution in [0, 0.1) is 0 Å². The molecule has 0 spiro atoms. The van der Waals surface area contributed by atoms with E-state index in [1.165, 1.54) is 0 Å². The van der Waals surface area contributed by atoms with Gasteiger partial charge in [0.2, 0.25) is 0 Å². The average Bonchev–Trinajstić information content (AvgIpc) is 2.50. The minimum Gasteiger partial charge on any atom is -0.299 e. The first-order valence-corrected chi connectivity index (χ1v) is 5.20. The van der Waals surface area contributed by atoms with E-state index in [-0.39, 0.29) is 5.69 Å². The Balaban J connectivity index is 2.79. The van der Waals surface area contributed by atoms with Crippen LogP contribution in [0.3, 0.4) is 0 Å². The molecule has 3 nitrogen and oxygen atoms in total. The summed E-state index contributed by atoms with van der Waals surface area (Å²) >= 11 is 5.60. The predicted octanol–water partition coefficient (Wildman–Crippen LogP) is 1.85. The van der Waals surface area contributed by atoms with Gasteiger partial charge >= 0.3 is 5.69 Å². The van der Waals surface area contributed by atoms with Gasteiger partial charge in [-0.3, -0.25) is 9.13 Å². The smallest absolute Gasteiger partial charge is 0.299 e. The third kappa shape index (κ3) is 2.51. The van der Waals surface area contributed by atoms with Gasteiger partial charge in [0, 0.05) is 31.4 Å². The Morgan fingerprint density at radius 2 is 2.14 bits per heavy atom. The second-order valence-corrected chi connectivity index (χ2v) is 3.55. The van der Waals surface area contributed by atoms with E-state index in [0.717, 1.165) is 18.5 Å². The van der Waals surface area contributed by atoms with E-state index in [1.54, 1.807) is 21.5 Å². The molecule has 78 valence electrons. The number of rotatable bonds is 5. The third-order valence-corrected chi connectivity index (χ3v) is 2.34. The van der Waals surface area contributed by atoms with Crippen molar-refractivity contribution in [3.8, 4) is 0 Å². The molecule has 0 saturated heterocycles. The summed E-state index contributed by atoms with van der Waals surface area (Å²) in [7, 11) is 0. The van der Waals surface area contributed by atoms with Crippen molar-refractivity contribution in [1.29, 1.82) is 0 Å². The minimum atomic E-state index is 0.0121. The number of hydrogen-bond acceptors (Lipinski definition) is 1. The Bertz CT molecular complexity index is 364. The van der Waals surface area contributed by atoms with Crippen LogP contribution in [-0.2, 0) is 13.1 Å². The maximum absolute atomic E-state index is 11.7. The molecule has 4 heteroatoms. The van der Waals surface area contributed by atoms with Crippen LogP contribution in [0.4, 0.5) is 0 Å². The monoisotopic (exact) mass is 214 g/mol. The highest BCUT2D eigenvalue weighted by molar-refractivity contribution is 6.19. The van der Waals surface area contributed by atoms with Crippen molar-refractivity contribution in [3.63, 3.8) is 0 Å². The molecular weight excluding hydrogens is 200 g/mol. The summed E-state index contributed by atoms with van der Waals surface area (Å²) in [5, 5.41) is 0. The van der Waals surface area contributed by atoms with Crippen molar-refractivity contribution < 1.29 is 0 Å². The van der Waals surface area contributed by atoms with Gasteiger partial charge in [-0.25, -0.2) is 4.79 Å². The van der Waals surface area contributed by atoms with E-state index in [2.05, 4.69) is 6.58 Å². The van der Waals surface area contributed by atoms with Gasteiger partial charge in [-0.15, -0.1) is 11.6 Å². The molecule has 0 aliphatic rings. The lowest BCUT2D eigenvalue weighted by atomic mass is 10.3. The molecule has 0 atom stereocenters. The second kappa shape index (κ2) is 5.05. The molecule has 1 aromatic heterocycles. The van der Waals surface area contributed by atoms with E-state index in [1.807, 2.05) is 6.92 Å². The Labute approximate surface area is 88.6 Å². The third-order valence-electron chi connectivity index (χ3n) is 1.97. The largest absolute Gasteiger partial charge is 0.328 e. The minimum absolute atomic E-state index is 0.0121. The summed E-state index contributed by atoms with van der Waals surface area (Å²) in [6, 6.07) is 0. The molecule has 0 radical (unpaired) electrons. The normalized spacial score (nSPS) is 10.4. The molecular formula is C10H15ClN2O. The number of halogens is 1. The van der Waals surface area contributed by atoms with E-state index in [9.17, 15) is 4.79 Å². The number of alkyl halides is 1. The van der Waals surface area contributed by atoms with Crippen molar-refractivity contribution in [3.05, 3.63) is 35.0 Å². The quantitative estimate of drug-likeness (QED) is 0.543. The predicted molar refractivity (Wildman–Crippen MR) is 58.8 cm³/mol. The number of aryl methyl sites for hydroxylation is 1. The Kier molecular flexibility index (Phi) is 4.01. The Morgan fingerprint density at radius 1 is 1.50 bits per heavy atom. The molecule has 0 fully saturated rings. The van der Waals surface area contributed by atoms with Crippen LogP contribution in [0.5, 0.6) is 0 Å². The summed E-state index contributed by atoms with van der Waals surface area (Å²) in [6.07, 6.45) is 4.53. The fourth-order valence-corrected chi connectivity index (χ4v) is 1.35. The Hall–Kier alpha value is -0.960. The second-order valence-electron chi connectivity index (χ2n) is 3.29. The molecule has 1 aromatic rings. The fourth-order valence-electron chi connectivity index (χ4n) is 1.27. The number of hydrogen-bond donors (Lipinski definition) is 0. The standard InChI is InChI=1S/C10H15ClN2O/c1-3-4-12-5-6-13(10(12)14)8-9(2)7-11/h5-6H,2-4,7-8H2,1H3. The molecule has 0 saturated carbocycles. The number of allylic oxidation sites excluding steroid dienone is 1. The van der Waals surface area contributed by atoms with Crippen molar-refractivity contribution in [2.24, 2.45) is 0 Å². The molecule has 0 aliphatic heterocycles. The van der Waals surface area contributed by atoms with Crippen molar-refractivity contribution >= 4 is 11.6 Å². The number of imidazole rings is 1. The number of aromatic nitrogens is 2. The highest BCUT2D eigenvalue weighted by Gasteiger charge is 2.02. The summed E-state index contributed by atoms with van der Waals surface area (Å²) in [5.41, 5.74) is 0.862. The lowest BCUT2D eigenvalue weighted by molar-refractivity contribution is 0.622. The maximum Gasteiger partial charge on any atom is 0.328 e. The highest BCUT2D eigenvalue weighted by atomic mass is 35.5. The molecule has 0 aliphatic carbocycles. The van der Waals surface area contributed by atoms with E-state index in [0.29, 0.717) is 12.4 Å². The van der Waals surface area contributed by atoms with Gasteiger partial charge in [-0.2, -0.15) is 0 Å². The first-order chi connectivity index (χ1) is 6.69. The molecule has 0 bridgehead atoms. The topological polar surface area (TPSA) is 26.9 Å². The maximum atomic E-state index is 11.7.